The Morgan fingerprint density at radius 1 is 1.55 bits per heavy atom. The summed E-state index contributed by atoms with van der Waals surface area (Å²) in [5.74, 6) is 0. The summed E-state index contributed by atoms with van der Waals surface area (Å²) in [6.45, 7) is 2.23. The Bertz CT molecular complexity index is 220. The number of likely N-dealkylation sites (tertiary alicyclic amines) is 1. The second-order valence-electron chi connectivity index (χ2n) is 3.38. The van der Waals surface area contributed by atoms with E-state index in [0.717, 1.165) is 19.0 Å². The van der Waals surface area contributed by atoms with Crippen molar-refractivity contribution in [3.63, 3.8) is 0 Å². The molecular weight excluding hydrogens is 136 g/mol. The summed E-state index contributed by atoms with van der Waals surface area (Å²) in [5.41, 5.74) is 1.32. The van der Waals surface area contributed by atoms with E-state index in [0.29, 0.717) is 0 Å². The molecule has 0 bridgehead atoms. The molecule has 11 heavy (non-hydrogen) atoms. The van der Waals surface area contributed by atoms with Crippen molar-refractivity contribution in [3.05, 3.63) is 11.6 Å². The normalized spacial score (nSPS) is 29.2. The Morgan fingerprint density at radius 3 is 3.00 bits per heavy atom. The lowest BCUT2D eigenvalue weighted by molar-refractivity contribution is 0.334. The molecule has 0 N–H and O–H groups in total. The number of hydrogen-bond donors (Lipinski definition) is 0. The van der Waals surface area contributed by atoms with E-state index in [1.807, 2.05) is 0 Å². The molecular formula is C9H12N2. The van der Waals surface area contributed by atoms with E-state index < -0.39 is 0 Å². The molecule has 0 aromatic carbocycles. The summed E-state index contributed by atoms with van der Waals surface area (Å²) < 4.78 is 0. The third kappa shape index (κ3) is 1.44. The topological polar surface area (TPSA) is 27.0 Å². The van der Waals surface area contributed by atoms with Crippen LogP contribution in [-0.2, 0) is 0 Å². The Morgan fingerprint density at radius 2 is 2.36 bits per heavy atom. The van der Waals surface area contributed by atoms with Gasteiger partial charge in [-0.05, 0) is 24.8 Å². The number of hydrogen-bond acceptors (Lipinski definition) is 2. The maximum Gasteiger partial charge on any atom is 0.0912 e. The minimum absolute atomic E-state index is 0.861. The highest BCUT2D eigenvalue weighted by molar-refractivity contribution is 5.19. The second kappa shape index (κ2) is 2.67. The Hall–Kier alpha value is -0.810. The van der Waals surface area contributed by atoms with Gasteiger partial charge in [0.2, 0.25) is 0 Å². The molecule has 1 saturated heterocycles. The van der Waals surface area contributed by atoms with E-state index in [2.05, 4.69) is 11.0 Å². The zero-order chi connectivity index (χ0) is 7.68. The molecule has 0 radical (unpaired) electrons. The predicted molar refractivity (Wildman–Crippen MR) is 42.9 cm³/mol. The fourth-order valence-electron chi connectivity index (χ4n) is 1.67. The monoisotopic (exact) mass is 148 g/mol. The van der Waals surface area contributed by atoms with Crippen LogP contribution in [0.4, 0.5) is 0 Å². The summed E-state index contributed by atoms with van der Waals surface area (Å²) in [4.78, 5) is 2.49. The highest BCUT2D eigenvalue weighted by Gasteiger charge is 2.31. The molecule has 2 rings (SSSR count). The maximum atomic E-state index is 8.42. The number of nitrogens with zero attached hydrogens (tertiary/aromatic N) is 2. The second-order valence-corrected chi connectivity index (χ2v) is 3.38. The number of allylic oxidation sites excluding steroid dienone is 1. The van der Waals surface area contributed by atoms with Crippen LogP contribution in [0, 0.1) is 11.3 Å². The van der Waals surface area contributed by atoms with Gasteiger partial charge in [-0.1, -0.05) is 0 Å². The van der Waals surface area contributed by atoms with E-state index in [1.165, 1.54) is 25.0 Å². The van der Waals surface area contributed by atoms with Crippen molar-refractivity contribution < 1.29 is 0 Å². The Balaban J connectivity index is 1.93. The molecule has 1 heterocycles. The smallest absolute Gasteiger partial charge is 0.0912 e. The minimum atomic E-state index is 0.861. The first-order chi connectivity index (χ1) is 5.40. The first kappa shape index (κ1) is 6.87. The van der Waals surface area contributed by atoms with Crippen LogP contribution in [0.3, 0.4) is 0 Å². The van der Waals surface area contributed by atoms with Gasteiger partial charge in [0.05, 0.1) is 6.07 Å². The first-order valence-corrected chi connectivity index (χ1v) is 4.22. The van der Waals surface area contributed by atoms with Gasteiger partial charge >= 0.3 is 0 Å². The summed E-state index contributed by atoms with van der Waals surface area (Å²) in [5, 5.41) is 8.42. The highest BCUT2D eigenvalue weighted by atomic mass is 15.2. The zero-order valence-corrected chi connectivity index (χ0v) is 6.58. The molecule has 1 saturated carbocycles. The minimum Gasteiger partial charge on any atom is -0.296 e. The molecule has 2 fully saturated rings. The van der Waals surface area contributed by atoms with E-state index in [1.54, 1.807) is 6.08 Å². The molecule has 0 unspecified atom stereocenters. The summed E-state index contributed by atoms with van der Waals surface area (Å²) >= 11 is 0. The first-order valence-electron chi connectivity index (χ1n) is 4.22. The van der Waals surface area contributed by atoms with Crippen LogP contribution in [0.5, 0.6) is 0 Å². The number of rotatable bonds is 1. The molecule has 1 aliphatic heterocycles. The Kier molecular flexibility index (Phi) is 1.67. The lowest BCUT2D eigenvalue weighted by atomic mass is 10.2. The van der Waals surface area contributed by atoms with Gasteiger partial charge < -0.3 is 0 Å². The molecule has 0 amide bonds. The molecule has 1 aliphatic carbocycles. The lowest BCUT2D eigenvalue weighted by Crippen LogP contribution is -2.21. The fourth-order valence-corrected chi connectivity index (χ4v) is 1.67. The quantitative estimate of drug-likeness (QED) is 0.524. The van der Waals surface area contributed by atoms with Gasteiger partial charge in [0.1, 0.15) is 0 Å². The summed E-state index contributed by atoms with van der Waals surface area (Å²) in [6.07, 6.45) is 5.58. The van der Waals surface area contributed by atoms with E-state index in [-0.39, 0.29) is 0 Å². The average Bonchev–Trinajstić information content (AvgIpc) is 2.75. The predicted octanol–water partition coefficient (Wildman–Crippen LogP) is 1.30. The van der Waals surface area contributed by atoms with Gasteiger partial charge in [-0.3, -0.25) is 4.90 Å². The van der Waals surface area contributed by atoms with Crippen LogP contribution in [0.15, 0.2) is 11.6 Å². The van der Waals surface area contributed by atoms with Crippen LogP contribution >= 0.6 is 0 Å². The van der Waals surface area contributed by atoms with Crippen molar-refractivity contribution in [2.75, 3.05) is 13.1 Å². The zero-order valence-electron chi connectivity index (χ0n) is 6.58. The van der Waals surface area contributed by atoms with Crippen molar-refractivity contribution in [2.24, 2.45) is 0 Å². The average molecular weight is 148 g/mol. The van der Waals surface area contributed by atoms with Gasteiger partial charge in [-0.25, -0.2) is 0 Å². The van der Waals surface area contributed by atoms with Crippen molar-refractivity contribution >= 4 is 0 Å². The molecule has 2 heteroatoms. The van der Waals surface area contributed by atoms with Gasteiger partial charge in [0.25, 0.3) is 0 Å². The Labute approximate surface area is 67.1 Å². The third-order valence-electron chi connectivity index (χ3n) is 2.46. The van der Waals surface area contributed by atoms with Gasteiger partial charge in [-0.2, -0.15) is 5.26 Å². The van der Waals surface area contributed by atoms with Crippen LogP contribution in [0.2, 0.25) is 0 Å². The van der Waals surface area contributed by atoms with Crippen molar-refractivity contribution in [3.8, 4) is 6.07 Å². The molecule has 58 valence electrons. The maximum absolute atomic E-state index is 8.42. The van der Waals surface area contributed by atoms with Gasteiger partial charge in [0.15, 0.2) is 0 Å². The van der Waals surface area contributed by atoms with Crippen LogP contribution in [0.25, 0.3) is 0 Å². The van der Waals surface area contributed by atoms with Crippen molar-refractivity contribution in [2.45, 2.75) is 25.3 Å². The van der Waals surface area contributed by atoms with Crippen molar-refractivity contribution in [1.82, 2.24) is 4.90 Å². The van der Waals surface area contributed by atoms with Crippen molar-refractivity contribution in [1.29, 1.82) is 5.26 Å². The third-order valence-corrected chi connectivity index (χ3v) is 2.46. The molecule has 0 aromatic heterocycles. The standard InChI is InChI=1S/C9H12N2/c10-5-3-8-4-6-11(7-8)9-1-2-9/h3,9H,1-2,4,6-7H2. The SMILES string of the molecule is N#CC=C1CCN(C2CC2)C1. The van der Waals surface area contributed by atoms with Crippen LogP contribution in [0.1, 0.15) is 19.3 Å². The van der Waals surface area contributed by atoms with E-state index in [4.69, 9.17) is 5.26 Å². The molecule has 2 aliphatic rings. The molecule has 2 nitrogen and oxygen atoms in total. The molecule has 0 spiro atoms. The fraction of sp³-hybridized carbons (Fsp3) is 0.667. The molecule has 0 aromatic rings. The van der Waals surface area contributed by atoms with E-state index >= 15 is 0 Å². The van der Waals surface area contributed by atoms with Gasteiger partial charge in [-0.15, -0.1) is 0 Å². The lowest BCUT2D eigenvalue weighted by Gasteiger charge is -2.11. The summed E-state index contributed by atoms with van der Waals surface area (Å²) in [6, 6.07) is 2.96. The number of nitriles is 1. The largest absolute Gasteiger partial charge is 0.296 e. The van der Waals surface area contributed by atoms with E-state index in [9.17, 15) is 0 Å². The summed E-state index contributed by atoms with van der Waals surface area (Å²) in [7, 11) is 0. The van der Waals surface area contributed by atoms with Crippen LogP contribution in [-0.4, -0.2) is 24.0 Å². The highest BCUT2D eigenvalue weighted by Crippen LogP contribution is 2.31. The van der Waals surface area contributed by atoms with Gasteiger partial charge in [0, 0.05) is 25.2 Å². The van der Waals surface area contributed by atoms with Crippen LogP contribution < -0.4 is 0 Å². The molecule has 0 atom stereocenters.